The van der Waals surface area contributed by atoms with Crippen molar-refractivity contribution >= 4 is 11.0 Å². The number of hydrogen-bond donors (Lipinski definition) is 0. The number of methoxy groups -OCH3 is 1. The van der Waals surface area contributed by atoms with Crippen LogP contribution < -0.4 is 4.74 Å². The molecule has 2 heterocycles. The highest BCUT2D eigenvalue weighted by molar-refractivity contribution is 5.75. The van der Waals surface area contributed by atoms with E-state index in [1.54, 1.807) is 13.3 Å². The first-order chi connectivity index (χ1) is 6.29. The van der Waals surface area contributed by atoms with Crippen molar-refractivity contribution in [3.63, 3.8) is 0 Å². The molecule has 2 aromatic heterocycles. The van der Waals surface area contributed by atoms with Gasteiger partial charge in [0.15, 0.2) is 5.65 Å². The number of ether oxygens (including phenoxy) is 1. The Bertz CT molecular complexity index is 440. The fraction of sp³-hybridized carbons (Fsp3) is 0.200. The average molecular weight is 174 g/mol. The molecule has 66 valence electrons. The molecule has 0 atom stereocenters. The zero-order valence-electron chi connectivity index (χ0n) is 7.61. The minimum absolute atomic E-state index is 0.601. The highest BCUT2D eigenvalue weighted by Crippen LogP contribution is 2.14. The van der Waals surface area contributed by atoms with Crippen LogP contribution in [0.1, 0.15) is 5.56 Å². The number of hydrogen-bond acceptors (Lipinski definition) is 3. The van der Waals surface area contributed by atoms with Gasteiger partial charge < -0.3 is 4.74 Å². The van der Waals surface area contributed by atoms with E-state index >= 15 is 0 Å². The summed E-state index contributed by atoms with van der Waals surface area (Å²) >= 11 is 0. The normalized spacial score (nSPS) is 10.3. The monoisotopic (exact) mass is 174 g/mol. The topological polar surface area (TPSA) is 35.0 Å². The Labute approximate surface area is 76.4 Å². The maximum absolute atomic E-state index is 5.00. The van der Waals surface area contributed by atoms with Gasteiger partial charge in [-0.2, -0.15) is 4.98 Å². The van der Waals surface area contributed by atoms with Crippen LogP contribution in [0.5, 0.6) is 5.88 Å². The standard InChI is InChI=1S/C10H10N2O/c1-7-5-8-3-4-9(13-2)12-10(8)11-6-7/h3-6H,1-2H3. The lowest BCUT2D eigenvalue weighted by Crippen LogP contribution is -1.90. The summed E-state index contributed by atoms with van der Waals surface area (Å²) < 4.78 is 5.00. The van der Waals surface area contributed by atoms with E-state index in [1.165, 1.54) is 0 Å². The molecule has 3 nitrogen and oxygen atoms in total. The first-order valence-corrected chi connectivity index (χ1v) is 4.07. The van der Waals surface area contributed by atoms with Crippen molar-refractivity contribution in [3.05, 3.63) is 30.0 Å². The van der Waals surface area contributed by atoms with Crippen LogP contribution in [-0.2, 0) is 0 Å². The van der Waals surface area contributed by atoms with Crippen LogP contribution in [0.2, 0.25) is 0 Å². The lowest BCUT2D eigenvalue weighted by Gasteiger charge is -2.00. The van der Waals surface area contributed by atoms with Crippen molar-refractivity contribution in [3.8, 4) is 5.88 Å². The van der Waals surface area contributed by atoms with Crippen molar-refractivity contribution < 1.29 is 4.74 Å². The Morgan fingerprint density at radius 1 is 1.31 bits per heavy atom. The maximum Gasteiger partial charge on any atom is 0.215 e. The first-order valence-electron chi connectivity index (χ1n) is 4.07. The molecule has 0 aromatic carbocycles. The summed E-state index contributed by atoms with van der Waals surface area (Å²) in [5.74, 6) is 0.601. The highest BCUT2D eigenvalue weighted by Gasteiger charge is 1.98. The van der Waals surface area contributed by atoms with E-state index in [4.69, 9.17) is 4.74 Å². The molecule has 0 fully saturated rings. The van der Waals surface area contributed by atoms with Gasteiger partial charge in [-0.05, 0) is 24.6 Å². The van der Waals surface area contributed by atoms with Crippen LogP contribution in [0.25, 0.3) is 11.0 Å². The first kappa shape index (κ1) is 7.98. The highest BCUT2D eigenvalue weighted by atomic mass is 16.5. The van der Waals surface area contributed by atoms with Crippen molar-refractivity contribution in [2.24, 2.45) is 0 Å². The van der Waals surface area contributed by atoms with Gasteiger partial charge >= 0.3 is 0 Å². The third-order valence-electron chi connectivity index (χ3n) is 1.86. The molecule has 0 amide bonds. The van der Waals surface area contributed by atoms with E-state index < -0.39 is 0 Å². The van der Waals surface area contributed by atoms with Gasteiger partial charge in [-0.1, -0.05) is 0 Å². The Hall–Kier alpha value is -1.64. The molecule has 0 spiro atoms. The molecule has 0 radical (unpaired) electrons. The van der Waals surface area contributed by atoms with Crippen LogP contribution in [0, 0.1) is 6.92 Å². The van der Waals surface area contributed by atoms with Gasteiger partial charge in [0.2, 0.25) is 5.88 Å². The zero-order chi connectivity index (χ0) is 9.26. The molecule has 0 aliphatic carbocycles. The SMILES string of the molecule is COc1ccc2cc(C)cnc2n1. The molecule has 3 heteroatoms. The van der Waals surface area contributed by atoms with E-state index in [0.717, 1.165) is 16.6 Å². The molecule has 0 unspecified atom stereocenters. The molecule has 0 aliphatic rings. The van der Waals surface area contributed by atoms with Gasteiger partial charge in [0, 0.05) is 17.6 Å². The van der Waals surface area contributed by atoms with Crippen LogP contribution in [-0.4, -0.2) is 17.1 Å². The fourth-order valence-corrected chi connectivity index (χ4v) is 1.22. The third-order valence-corrected chi connectivity index (χ3v) is 1.86. The molecule has 0 aliphatic heterocycles. The summed E-state index contributed by atoms with van der Waals surface area (Å²) in [6, 6.07) is 5.85. The fourth-order valence-electron chi connectivity index (χ4n) is 1.22. The Morgan fingerprint density at radius 2 is 2.15 bits per heavy atom. The second-order valence-electron chi connectivity index (χ2n) is 2.91. The lowest BCUT2D eigenvalue weighted by atomic mass is 10.2. The van der Waals surface area contributed by atoms with Crippen LogP contribution in [0.15, 0.2) is 24.4 Å². The summed E-state index contributed by atoms with van der Waals surface area (Å²) in [6.07, 6.45) is 1.80. The van der Waals surface area contributed by atoms with Crippen molar-refractivity contribution in [2.45, 2.75) is 6.92 Å². The minimum Gasteiger partial charge on any atom is -0.481 e. The number of aromatic nitrogens is 2. The van der Waals surface area contributed by atoms with Crippen molar-refractivity contribution in [1.29, 1.82) is 0 Å². The van der Waals surface area contributed by atoms with Gasteiger partial charge in [-0.25, -0.2) is 4.98 Å². The van der Waals surface area contributed by atoms with Crippen LogP contribution >= 0.6 is 0 Å². The molecular formula is C10H10N2O. The van der Waals surface area contributed by atoms with Crippen LogP contribution in [0.4, 0.5) is 0 Å². The number of fused-ring (bicyclic) bond motifs is 1. The van der Waals surface area contributed by atoms with E-state index in [9.17, 15) is 0 Å². The zero-order valence-corrected chi connectivity index (χ0v) is 7.61. The molecule has 13 heavy (non-hydrogen) atoms. The average Bonchev–Trinajstić information content (AvgIpc) is 2.17. The van der Waals surface area contributed by atoms with Crippen molar-refractivity contribution in [2.75, 3.05) is 7.11 Å². The summed E-state index contributed by atoms with van der Waals surface area (Å²) in [5.41, 5.74) is 1.87. The van der Waals surface area contributed by atoms with E-state index in [-0.39, 0.29) is 0 Å². The third kappa shape index (κ3) is 1.45. The predicted molar refractivity (Wildman–Crippen MR) is 50.8 cm³/mol. The molecule has 0 saturated carbocycles. The number of pyridine rings is 2. The van der Waals surface area contributed by atoms with Gasteiger partial charge in [-0.15, -0.1) is 0 Å². The Kier molecular flexibility index (Phi) is 1.85. The predicted octanol–water partition coefficient (Wildman–Crippen LogP) is 1.95. The van der Waals surface area contributed by atoms with Crippen LogP contribution in [0.3, 0.4) is 0 Å². The molecular weight excluding hydrogens is 164 g/mol. The number of aryl methyl sites for hydroxylation is 1. The molecule has 0 saturated heterocycles. The summed E-state index contributed by atoms with van der Waals surface area (Å²) in [6.45, 7) is 2.01. The summed E-state index contributed by atoms with van der Waals surface area (Å²) in [7, 11) is 1.60. The Morgan fingerprint density at radius 3 is 2.92 bits per heavy atom. The van der Waals surface area contributed by atoms with Gasteiger partial charge in [-0.3, -0.25) is 0 Å². The van der Waals surface area contributed by atoms with E-state index in [2.05, 4.69) is 16.0 Å². The number of rotatable bonds is 1. The van der Waals surface area contributed by atoms with Gasteiger partial charge in [0.25, 0.3) is 0 Å². The van der Waals surface area contributed by atoms with Gasteiger partial charge in [0.05, 0.1) is 7.11 Å². The van der Waals surface area contributed by atoms with E-state index in [0.29, 0.717) is 5.88 Å². The number of nitrogens with zero attached hydrogens (tertiary/aromatic N) is 2. The second kappa shape index (κ2) is 3.01. The minimum atomic E-state index is 0.601. The second-order valence-corrected chi connectivity index (χ2v) is 2.91. The summed E-state index contributed by atoms with van der Waals surface area (Å²) in [4.78, 5) is 8.40. The Balaban J connectivity index is 2.66. The maximum atomic E-state index is 5.00. The molecule has 0 bridgehead atoms. The largest absolute Gasteiger partial charge is 0.481 e. The lowest BCUT2D eigenvalue weighted by molar-refractivity contribution is 0.399. The summed E-state index contributed by atoms with van der Waals surface area (Å²) in [5, 5.41) is 1.04. The molecule has 2 rings (SSSR count). The van der Waals surface area contributed by atoms with Gasteiger partial charge in [0.1, 0.15) is 0 Å². The molecule has 2 aromatic rings. The smallest absolute Gasteiger partial charge is 0.215 e. The molecule has 0 N–H and O–H groups in total. The van der Waals surface area contributed by atoms with Crippen molar-refractivity contribution in [1.82, 2.24) is 9.97 Å². The van der Waals surface area contributed by atoms with E-state index in [1.807, 2.05) is 19.1 Å². The quantitative estimate of drug-likeness (QED) is 0.662.